The number of esters is 1. The van der Waals surface area contributed by atoms with Crippen molar-refractivity contribution in [2.75, 3.05) is 5.73 Å². The molecule has 0 aromatic heterocycles. The maximum atomic E-state index is 12.0. The second kappa shape index (κ2) is 6.38. The minimum Gasteiger partial charge on any atom is -0.457 e. The van der Waals surface area contributed by atoms with Crippen LogP contribution in [0, 0.1) is 3.57 Å². The van der Waals surface area contributed by atoms with Gasteiger partial charge in [-0.2, -0.15) is 0 Å². The van der Waals surface area contributed by atoms with Gasteiger partial charge in [0.2, 0.25) is 0 Å². The van der Waals surface area contributed by atoms with Crippen LogP contribution in [0.1, 0.15) is 15.9 Å². The fourth-order valence-corrected chi connectivity index (χ4v) is 2.43. The first-order valence-electron chi connectivity index (χ1n) is 5.53. The smallest absolute Gasteiger partial charge is 0.340 e. The number of benzene rings is 2. The Morgan fingerprint density at radius 3 is 2.74 bits per heavy atom. The Morgan fingerprint density at radius 2 is 2.00 bits per heavy atom. The number of nitrogens with two attached hydrogens (primary N) is 1. The lowest BCUT2D eigenvalue weighted by Gasteiger charge is -2.08. The van der Waals surface area contributed by atoms with Crippen LogP contribution < -0.4 is 5.73 Å². The molecule has 0 spiro atoms. The van der Waals surface area contributed by atoms with Gasteiger partial charge < -0.3 is 10.5 Å². The van der Waals surface area contributed by atoms with Gasteiger partial charge in [-0.15, -0.1) is 0 Å². The Balaban J connectivity index is 2.10. The Labute approximate surface area is 133 Å². The molecule has 0 radical (unpaired) electrons. The standard InChI is InChI=1S/C14H11BrINO2/c15-12-4-2-1-3-9(12)8-19-14(18)11-7-10(16)5-6-13(11)17/h1-7H,8,17H2. The van der Waals surface area contributed by atoms with Gasteiger partial charge >= 0.3 is 5.97 Å². The summed E-state index contributed by atoms with van der Waals surface area (Å²) < 4.78 is 7.14. The van der Waals surface area contributed by atoms with E-state index in [0.717, 1.165) is 13.6 Å². The van der Waals surface area contributed by atoms with E-state index in [4.69, 9.17) is 10.5 Å². The summed E-state index contributed by atoms with van der Waals surface area (Å²) in [5.41, 5.74) is 7.52. The van der Waals surface area contributed by atoms with Gasteiger partial charge in [0.15, 0.2) is 0 Å². The van der Waals surface area contributed by atoms with Gasteiger partial charge in [0.1, 0.15) is 6.61 Å². The molecule has 2 rings (SSSR count). The van der Waals surface area contributed by atoms with Crippen LogP contribution in [0.4, 0.5) is 5.69 Å². The Bertz CT molecular complexity index is 616. The predicted octanol–water partition coefficient (Wildman–Crippen LogP) is 3.99. The van der Waals surface area contributed by atoms with Gasteiger partial charge in [-0.05, 0) is 46.9 Å². The molecule has 98 valence electrons. The maximum Gasteiger partial charge on any atom is 0.340 e. The molecule has 0 amide bonds. The largest absolute Gasteiger partial charge is 0.457 e. The second-order valence-electron chi connectivity index (χ2n) is 3.90. The molecule has 0 saturated carbocycles. The van der Waals surface area contributed by atoms with Crippen LogP contribution in [-0.2, 0) is 11.3 Å². The molecule has 2 aromatic carbocycles. The predicted molar refractivity (Wildman–Crippen MR) is 86.8 cm³/mol. The Kier molecular flexibility index (Phi) is 4.81. The summed E-state index contributed by atoms with van der Waals surface area (Å²) in [6.07, 6.45) is 0. The summed E-state index contributed by atoms with van der Waals surface area (Å²) in [5, 5.41) is 0. The van der Waals surface area contributed by atoms with Crippen molar-refractivity contribution in [1.29, 1.82) is 0 Å². The van der Waals surface area contributed by atoms with Crippen molar-refractivity contribution >= 4 is 50.2 Å². The van der Waals surface area contributed by atoms with E-state index < -0.39 is 5.97 Å². The van der Waals surface area contributed by atoms with Crippen molar-refractivity contribution in [3.63, 3.8) is 0 Å². The Hall–Kier alpha value is -1.08. The van der Waals surface area contributed by atoms with Crippen LogP contribution in [0.3, 0.4) is 0 Å². The lowest BCUT2D eigenvalue weighted by Crippen LogP contribution is -2.08. The first-order chi connectivity index (χ1) is 9.08. The molecule has 5 heteroatoms. The average Bonchev–Trinajstić information content (AvgIpc) is 2.40. The number of halogens is 2. The molecule has 0 atom stereocenters. The normalized spacial score (nSPS) is 10.2. The van der Waals surface area contributed by atoms with Crippen LogP contribution in [0.25, 0.3) is 0 Å². The number of anilines is 1. The third-order valence-corrected chi connectivity index (χ3v) is 4.00. The molecule has 0 aliphatic rings. The zero-order chi connectivity index (χ0) is 13.8. The van der Waals surface area contributed by atoms with E-state index in [2.05, 4.69) is 38.5 Å². The fourth-order valence-electron chi connectivity index (χ4n) is 1.54. The number of hydrogen-bond donors (Lipinski definition) is 1. The molecule has 0 fully saturated rings. The van der Waals surface area contributed by atoms with Gasteiger partial charge in [0.25, 0.3) is 0 Å². The maximum absolute atomic E-state index is 12.0. The average molecular weight is 432 g/mol. The molecule has 0 heterocycles. The highest BCUT2D eigenvalue weighted by Gasteiger charge is 2.12. The number of ether oxygens (including phenoxy) is 1. The van der Waals surface area contributed by atoms with Crippen molar-refractivity contribution in [1.82, 2.24) is 0 Å². The zero-order valence-electron chi connectivity index (χ0n) is 9.90. The monoisotopic (exact) mass is 431 g/mol. The Morgan fingerprint density at radius 1 is 1.26 bits per heavy atom. The molecule has 3 nitrogen and oxygen atoms in total. The zero-order valence-corrected chi connectivity index (χ0v) is 13.6. The summed E-state index contributed by atoms with van der Waals surface area (Å²) in [6, 6.07) is 12.9. The molecule has 2 N–H and O–H groups in total. The van der Waals surface area contributed by atoms with E-state index in [0.29, 0.717) is 11.3 Å². The first-order valence-corrected chi connectivity index (χ1v) is 7.40. The van der Waals surface area contributed by atoms with E-state index in [-0.39, 0.29) is 6.61 Å². The van der Waals surface area contributed by atoms with Crippen LogP contribution in [0.15, 0.2) is 46.9 Å². The summed E-state index contributed by atoms with van der Waals surface area (Å²) in [6.45, 7) is 0.213. The number of nitrogen functional groups attached to an aromatic ring is 1. The summed E-state index contributed by atoms with van der Waals surface area (Å²) >= 11 is 5.54. The molecule has 2 aromatic rings. The first kappa shape index (κ1) is 14.3. The van der Waals surface area contributed by atoms with Crippen molar-refractivity contribution < 1.29 is 9.53 Å². The van der Waals surface area contributed by atoms with Crippen LogP contribution in [-0.4, -0.2) is 5.97 Å². The number of carbonyl (C=O) groups is 1. The minimum atomic E-state index is -0.410. The topological polar surface area (TPSA) is 52.3 Å². The summed E-state index contributed by atoms with van der Waals surface area (Å²) in [4.78, 5) is 12.0. The van der Waals surface area contributed by atoms with E-state index in [1.165, 1.54) is 0 Å². The molecule has 0 aliphatic heterocycles. The van der Waals surface area contributed by atoms with Gasteiger partial charge in [-0.25, -0.2) is 4.79 Å². The van der Waals surface area contributed by atoms with E-state index in [9.17, 15) is 4.79 Å². The van der Waals surface area contributed by atoms with E-state index >= 15 is 0 Å². The van der Waals surface area contributed by atoms with E-state index in [1.54, 1.807) is 12.1 Å². The molecule has 0 unspecified atom stereocenters. The molecule has 0 bridgehead atoms. The van der Waals surface area contributed by atoms with Crippen molar-refractivity contribution in [3.05, 3.63) is 61.6 Å². The van der Waals surface area contributed by atoms with Gasteiger partial charge in [0.05, 0.1) is 5.56 Å². The number of hydrogen-bond acceptors (Lipinski definition) is 3. The molecular formula is C14H11BrINO2. The van der Waals surface area contributed by atoms with Gasteiger partial charge in [-0.1, -0.05) is 34.1 Å². The lowest BCUT2D eigenvalue weighted by atomic mass is 10.2. The number of carbonyl (C=O) groups excluding carboxylic acids is 1. The number of rotatable bonds is 3. The lowest BCUT2D eigenvalue weighted by molar-refractivity contribution is 0.0473. The van der Waals surface area contributed by atoms with Crippen LogP contribution in [0.5, 0.6) is 0 Å². The van der Waals surface area contributed by atoms with Gasteiger partial charge in [0, 0.05) is 19.3 Å². The van der Waals surface area contributed by atoms with Crippen molar-refractivity contribution in [3.8, 4) is 0 Å². The third-order valence-electron chi connectivity index (χ3n) is 2.55. The van der Waals surface area contributed by atoms with Crippen molar-refractivity contribution in [2.24, 2.45) is 0 Å². The summed E-state index contributed by atoms with van der Waals surface area (Å²) in [5.74, 6) is -0.410. The highest BCUT2D eigenvalue weighted by molar-refractivity contribution is 14.1. The van der Waals surface area contributed by atoms with Crippen LogP contribution >= 0.6 is 38.5 Å². The second-order valence-corrected chi connectivity index (χ2v) is 6.00. The molecule has 19 heavy (non-hydrogen) atoms. The van der Waals surface area contributed by atoms with Crippen LogP contribution in [0.2, 0.25) is 0 Å². The summed E-state index contributed by atoms with van der Waals surface area (Å²) in [7, 11) is 0. The van der Waals surface area contributed by atoms with Gasteiger partial charge in [-0.3, -0.25) is 0 Å². The fraction of sp³-hybridized carbons (Fsp3) is 0.0714. The minimum absolute atomic E-state index is 0.213. The molecule has 0 saturated heterocycles. The highest BCUT2D eigenvalue weighted by atomic mass is 127. The third kappa shape index (κ3) is 3.70. The SMILES string of the molecule is Nc1ccc(I)cc1C(=O)OCc1ccccc1Br. The van der Waals surface area contributed by atoms with Crippen molar-refractivity contribution in [2.45, 2.75) is 6.61 Å². The van der Waals surface area contributed by atoms with E-state index in [1.807, 2.05) is 30.3 Å². The molecular weight excluding hydrogens is 421 g/mol. The highest BCUT2D eigenvalue weighted by Crippen LogP contribution is 2.20. The quantitative estimate of drug-likeness (QED) is 0.454. The molecule has 0 aliphatic carbocycles.